The number of carboxylic acids is 1. The molecule has 0 saturated heterocycles. The van der Waals surface area contributed by atoms with Crippen LogP contribution in [0.3, 0.4) is 0 Å². The molecule has 122 valence electrons. The van der Waals surface area contributed by atoms with E-state index in [1.807, 2.05) is 13.8 Å². The summed E-state index contributed by atoms with van der Waals surface area (Å²) in [6, 6.07) is 3.04. The highest BCUT2D eigenvalue weighted by atomic mass is 16.5. The number of nitrogens with zero attached hydrogens (tertiary/aromatic N) is 2. The van der Waals surface area contributed by atoms with Gasteiger partial charge in [-0.15, -0.1) is 0 Å². The van der Waals surface area contributed by atoms with Crippen molar-refractivity contribution in [1.29, 1.82) is 0 Å². The molecule has 0 aliphatic heterocycles. The maximum absolute atomic E-state index is 12.5. The highest BCUT2D eigenvalue weighted by Gasteiger charge is 2.20. The van der Waals surface area contributed by atoms with E-state index in [9.17, 15) is 9.59 Å². The largest absolute Gasteiger partial charge is 0.481 e. The van der Waals surface area contributed by atoms with E-state index in [-0.39, 0.29) is 24.9 Å². The van der Waals surface area contributed by atoms with Gasteiger partial charge in [0.15, 0.2) is 0 Å². The number of pyridine rings is 1. The van der Waals surface area contributed by atoms with Crippen LogP contribution in [0, 0.1) is 0 Å². The monoisotopic (exact) mass is 310 g/mol. The first-order valence-electron chi connectivity index (χ1n) is 7.06. The molecule has 1 aromatic rings. The summed E-state index contributed by atoms with van der Waals surface area (Å²) in [5.74, 6) is -0.836. The Morgan fingerprint density at radius 2 is 2.09 bits per heavy atom. The van der Waals surface area contributed by atoms with Crippen molar-refractivity contribution >= 4 is 11.9 Å². The number of amides is 1. The number of hydrogen-bond donors (Lipinski definition) is 1. The Labute approximate surface area is 129 Å². The van der Waals surface area contributed by atoms with Crippen LogP contribution in [0.1, 0.15) is 30.6 Å². The van der Waals surface area contributed by atoms with Crippen LogP contribution in [-0.2, 0) is 9.53 Å². The molecule has 0 aliphatic carbocycles. The van der Waals surface area contributed by atoms with Crippen LogP contribution in [0.5, 0.6) is 5.88 Å². The molecule has 0 bridgehead atoms. The van der Waals surface area contributed by atoms with E-state index >= 15 is 0 Å². The van der Waals surface area contributed by atoms with Crippen molar-refractivity contribution in [3.8, 4) is 5.88 Å². The number of aromatic nitrogens is 1. The van der Waals surface area contributed by atoms with Gasteiger partial charge in [-0.3, -0.25) is 9.59 Å². The highest BCUT2D eigenvalue weighted by molar-refractivity contribution is 5.94. The van der Waals surface area contributed by atoms with E-state index in [0.717, 1.165) is 0 Å². The minimum absolute atomic E-state index is 0.0911. The minimum atomic E-state index is -0.934. The Bertz CT molecular complexity index is 504. The average molecular weight is 310 g/mol. The summed E-state index contributed by atoms with van der Waals surface area (Å²) in [4.78, 5) is 28.8. The summed E-state index contributed by atoms with van der Waals surface area (Å²) in [6.07, 6.45) is 1.40. The molecule has 0 aliphatic rings. The van der Waals surface area contributed by atoms with Crippen LogP contribution < -0.4 is 4.74 Å². The fourth-order valence-corrected chi connectivity index (χ4v) is 1.83. The topological polar surface area (TPSA) is 89.0 Å². The van der Waals surface area contributed by atoms with Gasteiger partial charge in [0.2, 0.25) is 5.88 Å². The molecule has 0 saturated carbocycles. The van der Waals surface area contributed by atoms with Gasteiger partial charge in [-0.2, -0.15) is 0 Å². The number of aliphatic carboxylic acids is 1. The van der Waals surface area contributed by atoms with Gasteiger partial charge in [-0.05, 0) is 19.9 Å². The summed E-state index contributed by atoms with van der Waals surface area (Å²) >= 11 is 0. The van der Waals surface area contributed by atoms with Gasteiger partial charge in [0, 0.05) is 37.5 Å². The fourth-order valence-electron chi connectivity index (χ4n) is 1.83. The number of carboxylic acid groups (broad SMARTS) is 1. The molecule has 0 fully saturated rings. The Morgan fingerprint density at radius 1 is 1.36 bits per heavy atom. The van der Waals surface area contributed by atoms with E-state index in [1.54, 1.807) is 19.2 Å². The highest BCUT2D eigenvalue weighted by Crippen LogP contribution is 2.14. The minimum Gasteiger partial charge on any atom is -0.481 e. The summed E-state index contributed by atoms with van der Waals surface area (Å²) in [5.41, 5.74) is 0.418. The smallest absolute Gasteiger partial charge is 0.305 e. The summed E-state index contributed by atoms with van der Waals surface area (Å²) in [7, 11) is 1.57. The van der Waals surface area contributed by atoms with E-state index in [0.29, 0.717) is 24.7 Å². The summed E-state index contributed by atoms with van der Waals surface area (Å²) in [5, 5.41) is 8.78. The Morgan fingerprint density at radius 3 is 2.68 bits per heavy atom. The molecule has 0 radical (unpaired) electrons. The lowest BCUT2D eigenvalue weighted by Crippen LogP contribution is -2.38. The first kappa shape index (κ1) is 17.9. The van der Waals surface area contributed by atoms with Crippen molar-refractivity contribution in [2.45, 2.75) is 26.3 Å². The summed E-state index contributed by atoms with van der Waals surface area (Å²) in [6.45, 7) is 4.62. The van der Waals surface area contributed by atoms with Crippen molar-refractivity contribution in [3.05, 3.63) is 23.9 Å². The SMILES string of the molecule is COCCOc1cc(C(=O)N(CCC(=O)O)C(C)C)ccn1. The molecule has 22 heavy (non-hydrogen) atoms. The van der Waals surface area contributed by atoms with Crippen LogP contribution in [0.15, 0.2) is 18.3 Å². The van der Waals surface area contributed by atoms with Crippen LogP contribution in [0.25, 0.3) is 0 Å². The number of rotatable bonds is 9. The molecule has 1 amide bonds. The lowest BCUT2D eigenvalue weighted by Gasteiger charge is -2.26. The predicted molar refractivity (Wildman–Crippen MR) is 80.0 cm³/mol. The van der Waals surface area contributed by atoms with E-state index in [2.05, 4.69) is 4.98 Å². The third-order valence-corrected chi connectivity index (χ3v) is 2.97. The summed E-state index contributed by atoms with van der Waals surface area (Å²) < 4.78 is 10.3. The molecule has 7 nitrogen and oxygen atoms in total. The quantitative estimate of drug-likeness (QED) is 0.694. The normalized spacial score (nSPS) is 10.5. The van der Waals surface area contributed by atoms with E-state index in [4.69, 9.17) is 14.6 Å². The number of methoxy groups -OCH3 is 1. The lowest BCUT2D eigenvalue weighted by molar-refractivity contribution is -0.137. The molecule has 1 heterocycles. The van der Waals surface area contributed by atoms with E-state index in [1.165, 1.54) is 11.1 Å². The molecule has 0 unspecified atom stereocenters. The molecule has 0 atom stereocenters. The van der Waals surface area contributed by atoms with Gasteiger partial charge in [0.1, 0.15) is 6.61 Å². The lowest BCUT2D eigenvalue weighted by atomic mass is 10.2. The second kappa shape index (κ2) is 8.99. The number of hydrogen-bond acceptors (Lipinski definition) is 5. The third-order valence-electron chi connectivity index (χ3n) is 2.97. The first-order valence-corrected chi connectivity index (χ1v) is 7.06. The standard InChI is InChI=1S/C15H22N2O5/c1-11(2)17(7-5-14(18)19)15(20)12-4-6-16-13(10-12)22-9-8-21-3/h4,6,10-11H,5,7-9H2,1-3H3,(H,18,19). The fraction of sp³-hybridized carbons (Fsp3) is 0.533. The van der Waals surface area contributed by atoms with Crippen molar-refractivity contribution < 1.29 is 24.2 Å². The molecule has 1 rings (SSSR count). The van der Waals surface area contributed by atoms with Gasteiger partial charge in [-0.25, -0.2) is 4.98 Å². The molecule has 1 N–H and O–H groups in total. The van der Waals surface area contributed by atoms with Gasteiger partial charge < -0.3 is 19.5 Å². The number of carbonyl (C=O) groups is 2. The zero-order chi connectivity index (χ0) is 16.5. The average Bonchev–Trinajstić information content (AvgIpc) is 2.47. The Hall–Kier alpha value is -2.15. The molecular formula is C15H22N2O5. The maximum atomic E-state index is 12.5. The third kappa shape index (κ3) is 5.69. The molecular weight excluding hydrogens is 288 g/mol. The van der Waals surface area contributed by atoms with Crippen molar-refractivity contribution in [1.82, 2.24) is 9.88 Å². The van der Waals surface area contributed by atoms with Crippen molar-refractivity contribution in [2.24, 2.45) is 0 Å². The molecule has 0 aromatic carbocycles. The number of carbonyl (C=O) groups excluding carboxylic acids is 1. The Kier molecular flexibility index (Phi) is 7.31. The zero-order valence-electron chi connectivity index (χ0n) is 13.1. The maximum Gasteiger partial charge on any atom is 0.305 e. The van der Waals surface area contributed by atoms with E-state index < -0.39 is 5.97 Å². The first-order chi connectivity index (χ1) is 10.5. The molecule has 0 spiro atoms. The van der Waals surface area contributed by atoms with Crippen LogP contribution >= 0.6 is 0 Å². The van der Waals surface area contributed by atoms with Gasteiger partial charge in [0.25, 0.3) is 5.91 Å². The Balaban J connectivity index is 2.80. The van der Waals surface area contributed by atoms with Crippen LogP contribution in [0.4, 0.5) is 0 Å². The molecule has 7 heteroatoms. The van der Waals surface area contributed by atoms with Crippen molar-refractivity contribution in [3.63, 3.8) is 0 Å². The van der Waals surface area contributed by atoms with Crippen molar-refractivity contribution in [2.75, 3.05) is 26.9 Å². The van der Waals surface area contributed by atoms with Gasteiger partial charge in [-0.1, -0.05) is 0 Å². The zero-order valence-corrected chi connectivity index (χ0v) is 13.1. The van der Waals surface area contributed by atoms with Gasteiger partial charge in [0.05, 0.1) is 13.0 Å². The number of ether oxygens (including phenoxy) is 2. The predicted octanol–water partition coefficient (Wildman–Crippen LogP) is 1.43. The second-order valence-electron chi connectivity index (χ2n) is 4.96. The van der Waals surface area contributed by atoms with Crippen LogP contribution in [0.2, 0.25) is 0 Å². The van der Waals surface area contributed by atoms with Gasteiger partial charge >= 0.3 is 5.97 Å². The second-order valence-corrected chi connectivity index (χ2v) is 4.96. The molecule has 1 aromatic heterocycles. The van der Waals surface area contributed by atoms with Crippen LogP contribution in [-0.4, -0.2) is 59.8 Å².